The lowest BCUT2D eigenvalue weighted by atomic mass is 9.98. The zero-order valence-corrected chi connectivity index (χ0v) is 14.7. The number of nitrogens with one attached hydrogen (secondary N) is 1. The van der Waals surface area contributed by atoms with Crippen molar-refractivity contribution in [3.8, 4) is 11.1 Å². The first-order valence-electron chi connectivity index (χ1n) is 8.67. The summed E-state index contributed by atoms with van der Waals surface area (Å²) in [5, 5.41) is 0. The van der Waals surface area contributed by atoms with E-state index in [0.29, 0.717) is 5.56 Å². The lowest BCUT2D eigenvalue weighted by Gasteiger charge is -2.12. The maximum atomic E-state index is 12.2. The molecular weight excluding hydrogens is 312 g/mol. The molecule has 2 heterocycles. The van der Waals surface area contributed by atoms with E-state index in [2.05, 4.69) is 21.5 Å². The number of hydrogen-bond acceptors (Lipinski definition) is 2. The number of imidazole rings is 1. The number of nitrogens with zero attached hydrogens (tertiary/aromatic N) is 2. The number of aryl methyl sites for hydroxylation is 1. The second-order valence-electron chi connectivity index (χ2n) is 6.24. The lowest BCUT2D eigenvalue weighted by Crippen LogP contribution is -2.14. The van der Waals surface area contributed by atoms with Crippen LogP contribution in [0.4, 0.5) is 0 Å². The fourth-order valence-corrected chi connectivity index (χ4v) is 3.47. The molecule has 1 amide bonds. The van der Waals surface area contributed by atoms with Gasteiger partial charge in [0.25, 0.3) is 5.91 Å². The SMILES string of the molecule is CCCc1c(-c2ccccc2)c(C(N)=O)c(C)n1CCc1cnc[nH]1. The summed E-state index contributed by atoms with van der Waals surface area (Å²) in [6.45, 7) is 4.93. The van der Waals surface area contributed by atoms with Gasteiger partial charge in [-0.25, -0.2) is 4.98 Å². The number of amides is 1. The molecule has 0 radical (unpaired) electrons. The Hall–Kier alpha value is -2.82. The third kappa shape index (κ3) is 3.36. The predicted molar refractivity (Wildman–Crippen MR) is 99.4 cm³/mol. The van der Waals surface area contributed by atoms with Gasteiger partial charge in [-0.2, -0.15) is 0 Å². The topological polar surface area (TPSA) is 76.7 Å². The largest absolute Gasteiger partial charge is 0.366 e. The first kappa shape index (κ1) is 17.0. The van der Waals surface area contributed by atoms with Crippen LogP contribution < -0.4 is 5.73 Å². The molecule has 1 aromatic carbocycles. The van der Waals surface area contributed by atoms with Crippen LogP contribution in [0.3, 0.4) is 0 Å². The molecule has 0 aliphatic heterocycles. The Morgan fingerprint density at radius 2 is 2.00 bits per heavy atom. The first-order chi connectivity index (χ1) is 12.1. The number of aromatic nitrogens is 3. The lowest BCUT2D eigenvalue weighted by molar-refractivity contribution is 0.1000. The average molecular weight is 336 g/mol. The molecule has 2 aromatic heterocycles. The Balaban J connectivity index is 2.12. The van der Waals surface area contributed by atoms with E-state index in [4.69, 9.17) is 5.73 Å². The van der Waals surface area contributed by atoms with Crippen LogP contribution in [0.25, 0.3) is 11.1 Å². The molecule has 0 spiro atoms. The van der Waals surface area contributed by atoms with Crippen LogP contribution >= 0.6 is 0 Å². The number of rotatable bonds is 7. The summed E-state index contributed by atoms with van der Waals surface area (Å²) >= 11 is 0. The van der Waals surface area contributed by atoms with Crippen LogP contribution in [0.5, 0.6) is 0 Å². The molecule has 3 rings (SSSR count). The summed E-state index contributed by atoms with van der Waals surface area (Å²) in [6, 6.07) is 10.1. The normalized spacial score (nSPS) is 11.0. The second kappa shape index (κ2) is 7.38. The number of nitrogens with two attached hydrogens (primary N) is 1. The Labute approximate surface area is 147 Å². The van der Waals surface area contributed by atoms with Crippen molar-refractivity contribution < 1.29 is 4.79 Å². The van der Waals surface area contributed by atoms with E-state index in [1.807, 2.05) is 43.5 Å². The summed E-state index contributed by atoms with van der Waals surface area (Å²) in [5.41, 5.74) is 11.6. The summed E-state index contributed by atoms with van der Waals surface area (Å²) in [6.07, 6.45) is 6.27. The Bertz CT molecular complexity index is 848. The molecule has 3 aromatic rings. The van der Waals surface area contributed by atoms with Crippen LogP contribution in [0, 0.1) is 6.92 Å². The highest BCUT2D eigenvalue weighted by Gasteiger charge is 2.24. The van der Waals surface area contributed by atoms with E-state index in [9.17, 15) is 4.79 Å². The molecule has 130 valence electrons. The number of benzene rings is 1. The molecule has 0 saturated heterocycles. The fraction of sp³-hybridized carbons (Fsp3) is 0.300. The zero-order chi connectivity index (χ0) is 17.8. The highest BCUT2D eigenvalue weighted by atomic mass is 16.1. The molecule has 0 atom stereocenters. The molecule has 3 N–H and O–H groups in total. The maximum Gasteiger partial charge on any atom is 0.251 e. The summed E-state index contributed by atoms with van der Waals surface area (Å²) in [7, 11) is 0. The van der Waals surface area contributed by atoms with Crippen LogP contribution in [0.1, 0.15) is 40.8 Å². The molecule has 0 aliphatic carbocycles. The van der Waals surface area contributed by atoms with Gasteiger partial charge < -0.3 is 15.3 Å². The van der Waals surface area contributed by atoms with E-state index in [0.717, 1.165) is 48.3 Å². The van der Waals surface area contributed by atoms with E-state index < -0.39 is 0 Å². The summed E-state index contributed by atoms with van der Waals surface area (Å²) in [4.78, 5) is 19.4. The number of H-pyrrole nitrogens is 1. The second-order valence-corrected chi connectivity index (χ2v) is 6.24. The van der Waals surface area contributed by atoms with Crippen molar-refractivity contribution in [3.05, 3.63) is 65.5 Å². The van der Waals surface area contributed by atoms with Crippen molar-refractivity contribution in [1.82, 2.24) is 14.5 Å². The number of carbonyl (C=O) groups excluding carboxylic acids is 1. The van der Waals surface area contributed by atoms with Gasteiger partial charge in [-0.15, -0.1) is 0 Å². The molecule has 0 unspecified atom stereocenters. The van der Waals surface area contributed by atoms with Gasteiger partial charge in [0.1, 0.15) is 0 Å². The highest BCUT2D eigenvalue weighted by Crippen LogP contribution is 2.33. The molecule has 5 nitrogen and oxygen atoms in total. The van der Waals surface area contributed by atoms with Gasteiger partial charge in [0.2, 0.25) is 0 Å². The number of aromatic amines is 1. The third-order valence-corrected chi connectivity index (χ3v) is 4.59. The van der Waals surface area contributed by atoms with Crippen molar-refractivity contribution in [1.29, 1.82) is 0 Å². The van der Waals surface area contributed by atoms with Gasteiger partial charge in [0.05, 0.1) is 11.9 Å². The van der Waals surface area contributed by atoms with E-state index in [-0.39, 0.29) is 5.91 Å². The number of primary amides is 1. The van der Waals surface area contributed by atoms with Gasteiger partial charge in [0.15, 0.2) is 0 Å². The molecule has 0 aliphatic rings. The highest BCUT2D eigenvalue weighted by molar-refractivity contribution is 6.02. The number of carbonyl (C=O) groups is 1. The van der Waals surface area contributed by atoms with Gasteiger partial charge in [0, 0.05) is 41.8 Å². The maximum absolute atomic E-state index is 12.2. The third-order valence-electron chi connectivity index (χ3n) is 4.59. The minimum Gasteiger partial charge on any atom is -0.366 e. The van der Waals surface area contributed by atoms with Crippen LogP contribution in [-0.2, 0) is 19.4 Å². The van der Waals surface area contributed by atoms with Crippen molar-refractivity contribution >= 4 is 5.91 Å². The van der Waals surface area contributed by atoms with Crippen LogP contribution in [0.2, 0.25) is 0 Å². The molecule has 5 heteroatoms. The van der Waals surface area contributed by atoms with Gasteiger partial charge in [-0.1, -0.05) is 43.7 Å². The molecule has 25 heavy (non-hydrogen) atoms. The summed E-state index contributed by atoms with van der Waals surface area (Å²) < 4.78 is 2.24. The van der Waals surface area contributed by atoms with Crippen LogP contribution in [-0.4, -0.2) is 20.4 Å². The van der Waals surface area contributed by atoms with Gasteiger partial charge in [-0.05, 0) is 18.9 Å². The van der Waals surface area contributed by atoms with E-state index in [1.54, 1.807) is 6.33 Å². The van der Waals surface area contributed by atoms with E-state index >= 15 is 0 Å². The smallest absolute Gasteiger partial charge is 0.251 e. The summed E-state index contributed by atoms with van der Waals surface area (Å²) in [5.74, 6) is -0.367. The van der Waals surface area contributed by atoms with Gasteiger partial charge >= 0.3 is 0 Å². The van der Waals surface area contributed by atoms with Crippen LogP contribution in [0.15, 0.2) is 42.9 Å². The molecular formula is C20H24N4O. The minimum atomic E-state index is -0.367. The molecule has 0 fully saturated rings. The first-order valence-corrected chi connectivity index (χ1v) is 8.67. The van der Waals surface area contributed by atoms with Crippen molar-refractivity contribution in [2.24, 2.45) is 5.73 Å². The van der Waals surface area contributed by atoms with Crippen molar-refractivity contribution in [2.75, 3.05) is 0 Å². The molecule has 0 saturated carbocycles. The van der Waals surface area contributed by atoms with E-state index in [1.165, 1.54) is 5.69 Å². The van der Waals surface area contributed by atoms with Gasteiger partial charge in [-0.3, -0.25) is 4.79 Å². The zero-order valence-electron chi connectivity index (χ0n) is 14.7. The number of hydrogen-bond donors (Lipinski definition) is 2. The standard InChI is InChI=1S/C20H24N4O/c1-3-7-17-19(15-8-5-4-6-9-15)18(20(21)25)14(2)24(17)11-10-16-12-22-13-23-16/h4-6,8-9,12-13H,3,7,10-11H2,1-2H3,(H2,21,25)(H,22,23). The monoisotopic (exact) mass is 336 g/mol. The fourth-order valence-electron chi connectivity index (χ4n) is 3.47. The Morgan fingerprint density at radius 1 is 1.24 bits per heavy atom. The van der Waals surface area contributed by atoms with Crippen molar-refractivity contribution in [2.45, 2.75) is 39.7 Å². The quantitative estimate of drug-likeness (QED) is 0.693. The average Bonchev–Trinajstić information content (AvgIpc) is 3.21. The molecule has 0 bridgehead atoms. The Morgan fingerprint density at radius 3 is 2.60 bits per heavy atom. The predicted octanol–water partition coefficient (Wildman–Crippen LogP) is 3.48. The van der Waals surface area contributed by atoms with Crippen molar-refractivity contribution in [3.63, 3.8) is 0 Å². The minimum absolute atomic E-state index is 0.367. The Kier molecular flexibility index (Phi) is 5.03.